The summed E-state index contributed by atoms with van der Waals surface area (Å²) in [6, 6.07) is 0. The zero-order valence-corrected chi connectivity index (χ0v) is 12.6. The normalized spacial score (nSPS) is 27.1. The van der Waals surface area contributed by atoms with Crippen molar-refractivity contribution in [1.82, 2.24) is 4.90 Å². The van der Waals surface area contributed by atoms with Crippen molar-refractivity contribution in [2.24, 2.45) is 5.92 Å². The first-order valence-corrected chi connectivity index (χ1v) is 8.07. The highest BCUT2D eigenvalue weighted by Crippen LogP contribution is 2.45. The van der Waals surface area contributed by atoms with E-state index in [1.165, 1.54) is 4.90 Å². The molecule has 2 aliphatic heterocycles. The number of ether oxygens (including phenoxy) is 1. The number of carbonyl (C=O) groups is 2. The molecule has 0 radical (unpaired) electrons. The number of carbonyl (C=O) groups excluding carboxylic acids is 1. The number of nitrogens with zero attached hydrogens (tertiary/aromatic N) is 1. The molecule has 2 heterocycles. The summed E-state index contributed by atoms with van der Waals surface area (Å²) in [7, 11) is -3.48. The number of hydrogen-bond donors (Lipinski definition) is 1. The van der Waals surface area contributed by atoms with Gasteiger partial charge in [0.15, 0.2) is 9.84 Å². The van der Waals surface area contributed by atoms with Gasteiger partial charge in [-0.1, -0.05) is 0 Å². The molecule has 0 saturated carbocycles. The fourth-order valence-electron chi connectivity index (χ4n) is 2.78. The van der Waals surface area contributed by atoms with Crippen LogP contribution in [0.4, 0.5) is 4.79 Å². The van der Waals surface area contributed by atoms with Crippen LogP contribution >= 0.6 is 0 Å². The van der Waals surface area contributed by atoms with Gasteiger partial charge in [0, 0.05) is 13.1 Å². The first kappa shape index (κ1) is 15.1. The number of amides is 1. The zero-order valence-electron chi connectivity index (χ0n) is 11.7. The molecule has 0 bridgehead atoms. The lowest BCUT2D eigenvalue weighted by Gasteiger charge is -2.48. The predicted molar refractivity (Wildman–Crippen MR) is 70.1 cm³/mol. The number of carboxylic acids is 1. The van der Waals surface area contributed by atoms with E-state index in [4.69, 9.17) is 9.84 Å². The van der Waals surface area contributed by atoms with E-state index >= 15 is 0 Å². The van der Waals surface area contributed by atoms with Crippen molar-refractivity contribution in [2.45, 2.75) is 37.5 Å². The Balaban J connectivity index is 2.13. The minimum atomic E-state index is -3.48. The maximum atomic E-state index is 12.1. The van der Waals surface area contributed by atoms with Crippen molar-refractivity contribution in [2.75, 3.05) is 18.8 Å². The molecular formula is C12H19NO6S. The van der Waals surface area contributed by atoms with Crippen LogP contribution in [0.3, 0.4) is 0 Å². The van der Waals surface area contributed by atoms with Gasteiger partial charge in [0.1, 0.15) is 10.3 Å². The second kappa shape index (κ2) is 4.34. The fourth-order valence-corrected chi connectivity index (χ4v) is 5.09. The summed E-state index contributed by atoms with van der Waals surface area (Å²) in [5, 5.41) is 9.16. The number of carboxylic acid groups (broad SMARTS) is 1. The van der Waals surface area contributed by atoms with Gasteiger partial charge < -0.3 is 14.7 Å². The van der Waals surface area contributed by atoms with Crippen LogP contribution in [0, 0.1) is 5.92 Å². The summed E-state index contributed by atoms with van der Waals surface area (Å²) in [5.41, 5.74) is -0.666. The van der Waals surface area contributed by atoms with E-state index in [0.29, 0.717) is 0 Å². The monoisotopic (exact) mass is 305 g/mol. The highest BCUT2D eigenvalue weighted by atomic mass is 32.2. The van der Waals surface area contributed by atoms with Gasteiger partial charge in [0.2, 0.25) is 0 Å². The molecule has 0 aliphatic carbocycles. The van der Waals surface area contributed by atoms with Gasteiger partial charge in [0.05, 0.1) is 11.7 Å². The largest absolute Gasteiger partial charge is 0.481 e. The van der Waals surface area contributed by atoms with Crippen molar-refractivity contribution >= 4 is 21.9 Å². The predicted octanol–water partition coefficient (Wildman–Crippen LogP) is 0.495. The maximum absolute atomic E-state index is 12.1. The highest BCUT2D eigenvalue weighted by Gasteiger charge is 2.65. The number of sulfone groups is 1. The average Bonchev–Trinajstić information content (AvgIpc) is 2.44. The molecule has 1 unspecified atom stereocenters. The Bertz CT molecular complexity index is 541. The molecule has 1 N–H and O–H groups in total. The number of aliphatic carboxylic acids is 1. The summed E-state index contributed by atoms with van der Waals surface area (Å²) >= 11 is 0. The van der Waals surface area contributed by atoms with Crippen molar-refractivity contribution in [1.29, 1.82) is 0 Å². The Hall–Kier alpha value is -1.31. The summed E-state index contributed by atoms with van der Waals surface area (Å²) in [6.45, 7) is 4.95. The van der Waals surface area contributed by atoms with Crippen LogP contribution in [0.25, 0.3) is 0 Å². The van der Waals surface area contributed by atoms with E-state index in [9.17, 15) is 18.0 Å². The lowest BCUT2D eigenvalue weighted by Crippen LogP contribution is -2.69. The Kier molecular flexibility index (Phi) is 3.27. The third kappa shape index (κ3) is 2.25. The van der Waals surface area contributed by atoms with Crippen molar-refractivity contribution in [3.05, 3.63) is 0 Å². The van der Waals surface area contributed by atoms with Gasteiger partial charge in [-0.2, -0.15) is 0 Å². The average molecular weight is 305 g/mol. The molecule has 7 nitrogen and oxygen atoms in total. The van der Waals surface area contributed by atoms with E-state index in [-0.39, 0.29) is 25.3 Å². The Morgan fingerprint density at radius 1 is 1.30 bits per heavy atom. The van der Waals surface area contributed by atoms with Crippen molar-refractivity contribution in [3.63, 3.8) is 0 Å². The van der Waals surface area contributed by atoms with E-state index in [2.05, 4.69) is 0 Å². The summed E-state index contributed by atoms with van der Waals surface area (Å²) in [6.07, 6.45) is -0.492. The van der Waals surface area contributed by atoms with Crippen LogP contribution in [0.1, 0.15) is 27.2 Å². The Morgan fingerprint density at radius 2 is 1.85 bits per heavy atom. The molecule has 2 fully saturated rings. The minimum Gasteiger partial charge on any atom is -0.481 e. The van der Waals surface area contributed by atoms with Crippen molar-refractivity contribution < 1.29 is 27.9 Å². The van der Waals surface area contributed by atoms with Crippen LogP contribution in [0.5, 0.6) is 0 Å². The number of likely N-dealkylation sites (tertiary alicyclic amines) is 1. The van der Waals surface area contributed by atoms with Crippen LogP contribution in [0.15, 0.2) is 0 Å². The maximum Gasteiger partial charge on any atom is 0.410 e. The second-order valence-corrected chi connectivity index (χ2v) is 8.85. The second-order valence-electron chi connectivity index (χ2n) is 6.40. The number of hydrogen-bond acceptors (Lipinski definition) is 5. The molecule has 0 aromatic rings. The minimum absolute atomic E-state index is 0.0960. The van der Waals surface area contributed by atoms with E-state index in [1.807, 2.05) is 0 Å². The van der Waals surface area contributed by atoms with E-state index in [0.717, 1.165) is 0 Å². The topological polar surface area (TPSA) is 101 Å². The standard InChI is InChI=1S/C12H19NO6S/c1-11(2,3)19-10(16)13-6-12(7-13)8(9(14)15)4-5-20(12,17)18/h8H,4-7H2,1-3H3,(H,14,15). The van der Waals surface area contributed by atoms with E-state index in [1.54, 1.807) is 20.8 Å². The molecule has 0 aromatic heterocycles. The number of rotatable bonds is 1. The third-order valence-corrected chi connectivity index (χ3v) is 6.35. The van der Waals surface area contributed by atoms with Gasteiger partial charge in [-0.05, 0) is 27.2 Å². The molecule has 20 heavy (non-hydrogen) atoms. The molecule has 8 heteroatoms. The first-order chi connectivity index (χ1) is 8.98. The lowest BCUT2D eigenvalue weighted by molar-refractivity contribution is -0.144. The van der Waals surface area contributed by atoms with Crippen LogP contribution in [0.2, 0.25) is 0 Å². The van der Waals surface area contributed by atoms with Gasteiger partial charge in [0.25, 0.3) is 0 Å². The smallest absolute Gasteiger partial charge is 0.410 e. The first-order valence-electron chi connectivity index (χ1n) is 6.42. The molecule has 2 rings (SSSR count). The SMILES string of the molecule is CC(C)(C)OC(=O)N1CC2(C1)C(C(=O)O)CCS2(=O)=O. The van der Waals surface area contributed by atoms with Crippen LogP contribution in [-0.2, 0) is 19.4 Å². The summed E-state index contributed by atoms with van der Waals surface area (Å²) in [5.74, 6) is -2.19. The Morgan fingerprint density at radius 3 is 2.30 bits per heavy atom. The van der Waals surface area contributed by atoms with Gasteiger partial charge in [-0.25, -0.2) is 13.2 Å². The third-order valence-electron chi connectivity index (χ3n) is 3.80. The van der Waals surface area contributed by atoms with Crippen LogP contribution < -0.4 is 0 Å². The quantitative estimate of drug-likeness (QED) is 0.757. The molecule has 1 amide bonds. The highest BCUT2D eigenvalue weighted by molar-refractivity contribution is 7.93. The molecule has 1 spiro atoms. The summed E-state index contributed by atoms with van der Waals surface area (Å²) in [4.78, 5) is 24.3. The lowest BCUT2D eigenvalue weighted by atomic mass is 9.83. The fraction of sp³-hybridized carbons (Fsp3) is 0.833. The molecule has 1 atom stereocenters. The van der Waals surface area contributed by atoms with Gasteiger partial charge in [-0.3, -0.25) is 4.79 Å². The van der Waals surface area contributed by atoms with Gasteiger partial charge >= 0.3 is 12.1 Å². The molecule has 2 aliphatic rings. The molecular weight excluding hydrogens is 286 g/mol. The van der Waals surface area contributed by atoms with Gasteiger partial charge in [-0.15, -0.1) is 0 Å². The molecule has 114 valence electrons. The summed E-state index contributed by atoms with van der Waals surface area (Å²) < 4.78 is 28.0. The zero-order chi connectivity index (χ0) is 15.3. The van der Waals surface area contributed by atoms with E-state index < -0.39 is 38.2 Å². The van der Waals surface area contributed by atoms with Crippen molar-refractivity contribution in [3.8, 4) is 0 Å². The van der Waals surface area contributed by atoms with Crippen LogP contribution in [-0.4, -0.2) is 59.7 Å². The molecule has 0 aromatic carbocycles. The Labute approximate surface area is 117 Å². The molecule has 2 saturated heterocycles.